The number of rotatable bonds is 10. The summed E-state index contributed by atoms with van der Waals surface area (Å²) in [6, 6.07) is 15.0. The minimum absolute atomic E-state index is 0.0387. The molecule has 1 fully saturated rings. The minimum Gasteiger partial charge on any atom is -0.457 e. The van der Waals surface area contributed by atoms with Crippen LogP contribution in [0.1, 0.15) is 51.7 Å². The van der Waals surface area contributed by atoms with Gasteiger partial charge in [-0.25, -0.2) is 4.39 Å². The standard InChI is InChI=1S/C25H28FNO4/c1-4-5-9-14-29-23-22(25(23,2)3)24(28)31-21(16-27)19-15-18(12-13-20(19)26)30-17-10-7-6-8-11-17/h6-8,10-13,15,21-23H,4-5,9,14H2,1-3H3. The van der Waals surface area contributed by atoms with E-state index in [1.807, 2.05) is 38.1 Å². The van der Waals surface area contributed by atoms with Crippen molar-refractivity contribution in [3.05, 3.63) is 59.9 Å². The molecule has 0 aliphatic heterocycles. The van der Waals surface area contributed by atoms with E-state index < -0.39 is 23.8 Å². The summed E-state index contributed by atoms with van der Waals surface area (Å²) in [6.07, 6.45) is 1.47. The van der Waals surface area contributed by atoms with Gasteiger partial charge in [-0.05, 0) is 36.8 Å². The van der Waals surface area contributed by atoms with Gasteiger partial charge in [0, 0.05) is 17.6 Å². The Labute approximate surface area is 182 Å². The Bertz CT molecular complexity index is 938. The highest BCUT2D eigenvalue weighted by Crippen LogP contribution is 2.55. The fraction of sp³-hybridized carbons (Fsp3) is 0.440. The highest BCUT2D eigenvalue weighted by Gasteiger charge is 2.64. The number of nitriles is 1. The third-order valence-electron chi connectivity index (χ3n) is 5.61. The number of esters is 1. The first-order valence-corrected chi connectivity index (χ1v) is 10.6. The number of nitrogens with zero attached hydrogens (tertiary/aromatic N) is 1. The van der Waals surface area contributed by atoms with Gasteiger partial charge in [-0.3, -0.25) is 4.79 Å². The number of halogens is 1. The van der Waals surface area contributed by atoms with E-state index in [0.717, 1.165) is 19.3 Å². The van der Waals surface area contributed by atoms with Crippen molar-refractivity contribution in [3.8, 4) is 17.6 Å². The Morgan fingerprint density at radius 3 is 2.58 bits per heavy atom. The zero-order valence-electron chi connectivity index (χ0n) is 18.1. The van der Waals surface area contributed by atoms with Crippen LogP contribution in [0.25, 0.3) is 0 Å². The Balaban J connectivity index is 1.67. The number of hydrogen-bond acceptors (Lipinski definition) is 5. The Morgan fingerprint density at radius 2 is 1.90 bits per heavy atom. The lowest BCUT2D eigenvalue weighted by Crippen LogP contribution is -2.16. The first kappa shape index (κ1) is 22.8. The van der Waals surface area contributed by atoms with Crippen LogP contribution in [-0.4, -0.2) is 18.7 Å². The zero-order valence-corrected chi connectivity index (χ0v) is 18.1. The van der Waals surface area contributed by atoms with E-state index in [4.69, 9.17) is 14.2 Å². The summed E-state index contributed by atoms with van der Waals surface area (Å²) in [4.78, 5) is 12.7. The molecule has 0 saturated heterocycles. The van der Waals surface area contributed by atoms with Crippen LogP contribution in [-0.2, 0) is 14.3 Å². The molecule has 0 bridgehead atoms. The number of carbonyl (C=O) groups is 1. The Kier molecular flexibility index (Phi) is 7.29. The van der Waals surface area contributed by atoms with Crippen molar-refractivity contribution in [2.45, 2.75) is 52.2 Å². The van der Waals surface area contributed by atoms with Gasteiger partial charge >= 0.3 is 5.97 Å². The van der Waals surface area contributed by atoms with Crippen LogP contribution in [0.2, 0.25) is 0 Å². The van der Waals surface area contributed by atoms with E-state index in [2.05, 4.69) is 6.92 Å². The number of ether oxygens (including phenoxy) is 3. The van der Waals surface area contributed by atoms with Gasteiger partial charge in [0.15, 0.2) is 0 Å². The van der Waals surface area contributed by atoms with Crippen molar-refractivity contribution >= 4 is 5.97 Å². The molecule has 6 heteroatoms. The van der Waals surface area contributed by atoms with E-state index in [0.29, 0.717) is 18.1 Å². The monoisotopic (exact) mass is 425 g/mol. The molecule has 2 aromatic carbocycles. The number of carbonyl (C=O) groups excluding carboxylic acids is 1. The SMILES string of the molecule is CCCCCOC1C(C(=O)OC(C#N)c2cc(Oc3ccccc3)ccc2F)C1(C)C. The topological polar surface area (TPSA) is 68.5 Å². The predicted molar refractivity (Wildman–Crippen MR) is 114 cm³/mol. The summed E-state index contributed by atoms with van der Waals surface area (Å²) in [5, 5.41) is 9.57. The third kappa shape index (κ3) is 5.42. The van der Waals surface area contributed by atoms with Crippen molar-refractivity contribution < 1.29 is 23.4 Å². The predicted octanol–water partition coefficient (Wildman–Crippen LogP) is 5.96. The van der Waals surface area contributed by atoms with E-state index >= 15 is 0 Å². The lowest BCUT2D eigenvalue weighted by Gasteiger charge is -2.14. The molecule has 3 unspecified atom stereocenters. The summed E-state index contributed by atoms with van der Waals surface area (Å²) in [7, 11) is 0. The molecule has 3 atom stereocenters. The number of unbranched alkanes of at least 4 members (excludes halogenated alkanes) is 2. The Hall–Kier alpha value is -2.91. The van der Waals surface area contributed by atoms with Crippen molar-refractivity contribution in [2.75, 3.05) is 6.61 Å². The fourth-order valence-electron chi connectivity index (χ4n) is 3.65. The summed E-state index contributed by atoms with van der Waals surface area (Å²) in [5.41, 5.74) is -0.414. The van der Waals surface area contributed by atoms with Gasteiger partial charge < -0.3 is 14.2 Å². The highest BCUT2D eigenvalue weighted by atomic mass is 19.1. The fourth-order valence-corrected chi connectivity index (χ4v) is 3.65. The summed E-state index contributed by atoms with van der Waals surface area (Å²) in [5.74, 6) is -0.735. The van der Waals surface area contributed by atoms with Gasteiger partial charge in [-0.15, -0.1) is 0 Å². The molecule has 164 valence electrons. The van der Waals surface area contributed by atoms with Crippen molar-refractivity contribution in [1.82, 2.24) is 0 Å². The van der Waals surface area contributed by atoms with Crippen LogP contribution >= 0.6 is 0 Å². The van der Waals surface area contributed by atoms with Crippen LogP contribution in [0.4, 0.5) is 4.39 Å². The van der Waals surface area contributed by atoms with Gasteiger partial charge in [0.1, 0.15) is 23.4 Å². The first-order chi connectivity index (χ1) is 14.9. The van der Waals surface area contributed by atoms with Gasteiger partial charge in [0.05, 0.1) is 12.0 Å². The number of hydrogen-bond donors (Lipinski definition) is 0. The minimum atomic E-state index is -1.37. The van der Waals surface area contributed by atoms with Crippen molar-refractivity contribution in [3.63, 3.8) is 0 Å². The second-order valence-electron chi connectivity index (χ2n) is 8.34. The van der Waals surface area contributed by atoms with Crippen LogP contribution in [0.15, 0.2) is 48.5 Å². The molecule has 0 heterocycles. The van der Waals surface area contributed by atoms with Crippen LogP contribution in [0, 0.1) is 28.5 Å². The molecular weight excluding hydrogens is 397 g/mol. The molecule has 1 saturated carbocycles. The Morgan fingerprint density at radius 1 is 1.16 bits per heavy atom. The van der Waals surface area contributed by atoms with Gasteiger partial charge in [0.25, 0.3) is 0 Å². The molecule has 3 rings (SSSR count). The average molecular weight is 426 g/mol. The van der Waals surface area contributed by atoms with E-state index in [9.17, 15) is 14.4 Å². The second-order valence-corrected chi connectivity index (χ2v) is 8.34. The average Bonchev–Trinajstić information content (AvgIpc) is 3.32. The largest absolute Gasteiger partial charge is 0.457 e. The van der Waals surface area contributed by atoms with Crippen molar-refractivity contribution in [2.24, 2.45) is 11.3 Å². The van der Waals surface area contributed by atoms with Crippen LogP contribution < -0.4 is 4.74 Å². The van der Waals surface area contributed by atoms with Crippen LogP contribution in [0.3, 0.4) is 0 Å². The molecule has 0 aromatic heterocycles. The van der Waals surface area contributed by atoms with Crippen molar-refractivity contribution in [1.29, 1.82) is 5.26 Å². The maximum absolute atomic E-state index is 14.5. The van der Waals surface area contributed by atoms with Gasteiger partial charge in [0.2, 0.25) is 6.10 Å². The molecular formula is C25H28FNO4. The molecule has 1 aliphatic carbocycles. The van der Waals surface area contributed by atoms with E-state index in [1.54, 1.807) is 12.1 Å². The first-order valence-electron chi connectivity index (χ1n) is 10.6. The maximum Gasteiger partial charge on any atom is 0.313 e. The molecule has 0 N–H and O–H groups in total. The highest BCUT2D eigenvalue weighted by molar-refractivity contribution is 5.78. The maximum atomic E-state index is 14.5. The summed E-state index contributed by atoms with van der Waals surface area (Å²) in [6.45, 7) is 6.56. The second kappa shape index (κ2) is 9.93. The molecule has 2 aromatic rings. The molecule has 0 amide bonds. The summed E-state index contributed by atoms with van der Waals surface area (Å²) < 4.78 is 31.4. The van der Waals surface area contributed by atoms with E-state index in [1.165, 1.54) is 18.2 Å². The summed E-state index contributed by atoms with van der Waals surface area (Å²) >= 11 is 0. The number of para-hydroxylation sites is 1. The lowest BCUT2D eigenvalue weighted by molar-refractivity contribution is -0.150. The molecule has 31 heavy (non-hydrogen) atoms. The lowest BCUT2D eigenvalue weighted by atomic mass is 10.1. The quantitative estimate of drug-likeness (QED) is 0.347. The third-order valence-corrected chi connectivity index (χ3v) is 5.61. The zero-order chi connectivity index (χ0) is 22.4. The van der Waals surface area contributed by atoms with Gasteiger partial charge in [-0.2, -0.15) is 5.26 Å². The van der Waals surface area contributed by atoms with E-state index in [-0.39, 0.29) is 17.1 Å². The van der Waals surface area contributed by atoms with Crippen LogP contribution in [0.5, 0.6) is 11.5 Å². The van der Waals surface area contributed by atoms with Gasteiger partial charge in [-0.1, -0.05) is 51.8 Å². The molecule has 5 nitrogen and oxygen atoms in total. The number of benzene rings is 2. The molecule has 0 spiro atoms. The molecule has 0 radical (unpaired) electrons. The molecule has 1 aliphatic rings. The smallest absolute Gasteiger partial charge is 0.313 e. The normalized spacial score (nSPS) is 19.8.